The fraction of sp³-hybridized carbons (Fsp3) is 0.750. The van der Waals surface area contributed by atoms with Gasteiger partial charge in [-0.2, -0.15) is 0 Å². The molecule has 0 saturated carbocycles. The van der Waals surface area contributed by atoms with Crippen molar-refractivity contribution in [2.45, 2.75) is 31.8 Å². The lowest BCUT2D eigenvalue weighted by Gasteiger charge is -2.13. The van der Waals surface area contributed by atoms with E-state index in [9.17, 15) is 9.59 Å². The molecule has 0 aromatic carbocycles. The molecular formula is C8H17ClN2O4. The Morgan fingerprint density at radius 2 is 1.73 bits per heavy atom. The number of hydrogen-bond donors (Lipinski definition) is 4. The molecule has 1 atom stereocenters. The second kappa shape index (κ2) is 8.46. The molecule has 0 aromatic heterocycles. The first kappa shape index (κ1) is 16.6. The number of carboxylic acid groups (broad SMARTS) is 2. The molecular weight excluding hydrogens is 224 g/mol. The Morgan fingerprint density at radius 1 is 1.20 bits per heavy atom. The summed E-state index contributed by atoms with van der Waals surface area (Å²) in [5, 5.41) is 17.1. The first-order valence-corrected chi connectivity index (χ1v) is 4.39. The van der Waals surface area contributed by atoms with Crippen molar-refractivity contribution in [3.05, 3.63) is 0 Å². The molecule has 0 heterocycles. The van der Waals surface area contributed by atoms with Gasteiger partial charge in [-0.3, -0.25) is 9.59 Å². The van der Waals surface area contributed by atoms with Gasteiger partial charge in [0, 0.05) is 6.42 Å². The van der Waals surface area contributed by atoms with E-state index >= 15 is 0 Å². The third kappa shape index (κ3) is 9.45. The lowest BCUT2D eigenvalue weighted by Crippen LogP contribution is -2.34. The van der Waals surface area contributed by atoms with Crippen LogP contribution >= 0.6 is 12.4 Å². The van der Waals surface area contributed by atoms with Gasteiger partial charge in [0.05, 0.1) is 12.1 Å². The van der Waals surface area contributed by atoms with Crippen LogP contribution in [0.3, 0.4) is 0 Å². The highest BCUT2D eigenvalue weighted by Crippen LogP contribution is 2.13. The van der Waals surface area contributed by atoms with Crippen LogP contribution in [-0.2, 0) is 9.59 Å². The summed E-state index contributed by atoms with van der Waals surface area (Å²) in [6.07, 6.45) is 0.116. The predicted octanol–water partition coefficient (Wildman–Crippen LogP) is -0.00250. The van der Waals surface area contributed by atoms with Gasteiger partial charge >= 0.3 is 11.9 Å². The lowest BCUT2D eigenvalue weighted by molar-refractivity contribution is -0.143. The highest BCUT2D eigenvalue weighted by molar-refractivity contribution is 5.85. The van der Waals surface area contributed by atoms with Crippen LogP contribution in [0.4, 0.5) is 0 Å². The number of rotatable bonds is 7. The summed E-state index contributed by atoms with van der Waals surface area (Å²) in [5.74, 6) is -2.54. The maximum absolute atomic E-state index is 10.7. The molecule has 0 radical (unpaired) electrons. The monoisotopic (exact) mass is 240 g/mol. The molecule has 0 aromatic rings. The topological polar surface area (TPSA) is 127 Å². The van der Waals surface area contributed by atoms with Crippen molar-refractivity contribution >= 4 is 24.3 Å². The minimum Gasteiger partial charge on any atom is -0.481 e. The van der Waals surface area contributed by atoms with E-state index in [1.54, 1.807) is 0 Å². The molecule has 1 unspecified atom stereocenters. The van der Waals surface area contributed by atoms with E-state index in [1.165, 1.54) is 0 Å². The Morgan fingerprint density at radius 3 is 2.07 bits per heavy atom. The van der Waals surface area contributed by atoms with Crippen molar-refractivity contribution in [3.63, 3.8) is 0 Å². The Bertz CT molecular complexity index is 211. The van der Waals surface area contributed by atoms with Gasteiger partial charge in [0.2, 0.25) is 0 Å². The zero-order valence-corrected chi connectivity index (χ0v) is 9.07. The molecule has 6 N–H and O–H groups in total. The van der Waals surface area contributed by atoms with Gasteiger partial charge in [-0.25, -0.2) is 0 Å². The van der Waals surface area contributed by atoms with E-state index < -0.39 is 24.0 Å². The van der Waals surface area contributed by atoms with Crippen molar-refractivity contribution in [3.8, 4) is 0 Å². The number of hydrogen-bond acceptors (Lipinski definition) is 4. The Kier molecular flexibility index (Phi) is 9.35. The Balaban J connectivity index is 0. The maximum atomic E-state index is 10.7. The van der Waals surface area contributed by atoms with Gasteiger partial charge in [0.1, 0.15) is 0 Å². The Hall–Kier alpha value is -0.850. The zero-order valence-electron chi connectivity index (χ0n) is 8.26. The average Bonchev–Trinajstić information content (AvgIpc) is 2.00. The third-order valence-electron chi connectivity index (χ3n) is 1.85. The van der Waals surface area contributed by atoms with Crippen LogP contribution in [0.25, 0.3) is 0 Å². The van der Waals surface area contributed by atoms with E-state index in [0.29, 0.717) is 12.8 Å². The van der Waals surface area contributed by atoms with Crippen LogP contribution in [0.1, 0.15) is 25.7 Å². The molecule has 6 nitrogen and oxygen atoms in total. The predicted molar refractivity (Wildman–Crippen MR) is 56.6 cm³/mol. The molecule has 0 saturated heterocycles. The molecule has 15 heavy (non-hydrogen) atoms. The molecule has 7 heteroatoms. The number of carboxylic acids is 2. The summed E-state index contributed by atoms with van der Waals surface area (Å²) < 4.78 is 0. The molecule has 0 bridgehead atoms. The van der Waals surface area contributed by atoms with Crippen LogP contribution in [-0.4, -0.2) is 28.3 Å². The van der Waals surface area contributed by atoms with E-state index in [-0.39, 0.29) is 25.2 Å². The van der Waals surface area contributed by atoms with Crippen LogP contribution < -0.4 is 11.5 Å². The second-order valence-electron chi connectivity index (χ2n) is 3.22. The number of nitrogens with two attached hydrogens (primary N) is 2. The van der Waals surface area contributed by atoms with E-state index in [0.717, 1.165) is 0 Å². The van der Waals surface area contributed by atoms with Gasteiger partial charge in [0.25, 0.3) is 0 Å². The lowest BCUT2D eigenvalue weighted by atomic mass is 9.97. The van der Waals surface area contributed by atoms with Crippen LogP contribution in [0.15, 0.2) is 0 Å². The third-order valence-corrected chi connectivity index (χ3v) is 1.85. The van der Waals surface area contributed by atoms with Gasteiger partial charge in [0.15, 0.2) is 0 Å². The van der Waals surface area contributed by atoms with Crippen molar-refractivity contribution in [2.75, 3.05) is 0 Å². The fourth-order valence-corrected chi connectivity index (χ4v) is 1.17. The summed E-state index contributed by atoms with van der Waals surface area (Å²) in [4.78, 5) is 20.8. The smallest absolute Gasteiger partial charge is 0.306 e. The standard InChI is InChI=1S/C8H16N2O4.ClH/c9-6(10)4-5(8(13)14)2-1-3-7(11)12;/h5-6H,1-4,9-10H2,(H,11,12)(H,13,14);1H. The molecule has 0 aliphatic heterocycles. The number of aliphatic carboxylic acids is 2. The molecule has 0 spiro atoms. The normalized spacial score (nSPS) is 11.9. The Labute approximate surface area is 94.0 Å². The summed E-state index contributed by atoms with van der Waals surface area (Å²) in [5.41, 5.74) is 10.5. The highest BCUT2D eigenvalue weighted by Gasteiger charge is 2.19. The molecule has 0 amide bonds. The first-order valence-electron chi connectivity index (χ1n) is 4.39. The van der Waals surface area contributed by atoms with E-state index in [2.05, 4.69) is 0 Å². The van der Waals surface area contributed by atoms with Crippen molar-refractivity contribution < 1.29 is 19.8 Å². The molecule has 0 rings (SSSR count). The quantitative estimate of drug-likeness (QED) is 0.464. The van der Waals surface area contributed by atoms with Crippen LogP contribution in [0, 0.1) is 5.92 Å². The maximum Gasteiger partial charge on any atom is 0.306 e. The molecule has 0 aliphatic rings. The highest BCUT2D eigenvalue weighted by atomic mass is 35.5. The zero-order chi connectivity index (χ0) is 11.1. The average molecular weight is 241 g/mol. The first-order chi connectivity index (χ1) is 6.43. The van der Waals surface area contributed by atoms with E-state index in [1.807, 2.05) is 0 Å². The summed E-state index contributed by atoms with van der Waals surface area (Å²) in [7, 11) is 0. The van der Waals surface area contributed by atoms with Crippen molar-refractivity contribution in [2.24, 2.45) is 17.4 Å². The summed E-state index contributed by atoms with van der Waals surface area (Å²) in [6.45, 7) is 0. The van der Waals surface area contributed by atoms with Crippen LogP contribution in [0.5, 0.6) is 0 Å². The molecule has 0 aliphatic carbocycles. The summed E-state index contributed by atoms with van der Waals surface area (Å²) in [6, 6.07) is 0. The minimum absolute atomic E-state index is 0. The van der Waals surface area contributed by atoms with E-state index in [4.69, 9.17) is 21.7 Å². The largest absolute Gasteiger partial charge is 0.481 e. The van der Waals surface area contributed by atoms with Gasteiger partial charge in [-0.15, -0.1) is 12.4 Å². The SMILES string of the molecule is Cl.NC(N)CC(CCCC(=O)O)C(=O)O. The fourth-order valence-electron chi connectivity index (χ4n) is 1.17. The van der Waals surface area contributed by atoms with Gasteiger partial charge < -0.3 is 21.7 Å². The van der Waals surface area contributed by atoms with Gasteiger partial charge in [-0.1, -0.05) is 0 Å². The number of carbonyl (C=O) groups is 2. The van der Waals surface area contributed by atoms with Crippen molar-refractivity contribution in [1.82, 2.24) is 0 Å². The van der Waals surface area contributed by atoms with Crippen LogP contribution in [0.2, 0.25) is 0 Å². The summed E-state index contributed by atoms with van der Waals surface area (Å²) >= 11 is 0. The minimum atomic E-state index is -0.976. The number of halogens is 1. The molecule has 90 valence electrons. The van der Waals surface area contributed by atoms with Crippen molar-refractivity contribution in [1.29, 1.82) is 0 Å². The molecule has 0 fully saturated rings. The van der Waals surface area contributed by atoms with Gasteiger partial charge in [-0.05, 0) is 19.3 Å². The second-order valence-corrected chi connectivity index (χ2v) is 3.22.